The van der Waals surface area contributed by atoms with Crippen LogP contribution in [0.3, 0.4) is 0 Å². The number of aromatic nitrogens is 1. The van der Waals surface area contributed by atoms with Crippen LogP contribution in [0.15, 0.2) is 4.99 Å². The van der Waals surface area contributed by atoms with Gasteiger partial charge in [0, 0.05) is 17.5 Å². The van der Waals surface area contributed by atoms with E-state index in [1.54, 1.807) is 11.3 Å². The van der Waals surface area contributed by atoms with Crippen LogP contribution < -0.4 is 11.1 Å². The molecule has 21 heavy (non-hydrogen) atoms. The summed E-state index contributed by atoms with van der Waals surface area (Å²) in [6, 6.07) is 0.594. The largest absolute Gasteiger partial charge is 0.370 e. The first-order valence-electron chi connectivity index (χ1n) is 7.31. The van der Waals surface area contributed by atoms with Gasteiger partial charge in [0.2, 0.25) is 0 Å². The highest BCUT2D eigenvalue weighted by molar-refractivity contribution is 14.0. The summed E-state index contributed by atoms with van der Waals surface area (Å²) in [4.78, 5) is 12.6. The van der Waals surface area contributed by atoms with Crippen molar-refractivity contribution < 1.29 is 0 Å². The number of nitrogens with two attached hydrogens (primary N) is 1. The van der Waals surface area contributed by atoms with Crippen molar-refractivity contribution in [2.75, 3.05) is 19.6 Å². The van der Waals surface area contributed by atoms with Gasteiger partial charge in [0.1, 0.15) is 0 Å². The summed E-state index contributed by atoms with van der Waals surface area (Å²) in [5.41, 5.74) is 6.97. The molecule has 1 atom stereocenters. The third-order valence-corrected chi connectivity index (χ3v) is 4.75. The highest BCUT2D eigenvalue weighted by Gasteiger charge is 2.22. The second-order valence-electron chi connectivity index (χ2n) is 5.24. The fraction of sp³-hybridized carbons (Fsp3) is 0.714. The molecule has 0 aliphatic carbocycles. The maximum absolute atomic E-state index is 5.94. The van der Waals surface area contributed by atoms with Gasteiger partial charge in [-0.2, -0.15) is 0 Å². The number of likely N-dealkylation sites (tertiary alicyclic amines) is 1. The first-order valence-corrected chi connectivity index (χ1v) is 8.12. The maximum Gasteiger partial charge on any atom is 0.189 e. The molecule has 1 aliphatic rings. The Morgan fingerprint density at radius 2 is 2.29 bits per heavy atom. The van der Waals surface area contributed by atoms with Gasteiger partial charge in [-0.3, -0.25) is 4.90 Å². The highest BCUT2D eigenvalue weighted by atomic mass is 127. The zero-order valence-electron chi connectivity index (χ0n) is 13.1. The standard InChI is InChI=1S/C14H25N5S.HI/c1-4-19-7-5-6-12(19)8-16-14(15)17-9-13-10(2)20-11(3)18-13;/h12H,4-9H2,1-3H3,(H3,15,16,17);1H. The molecule has 0 bridgehead atoms. The van der Waals surface area contributed by atoms with Crippen molar-refractivity contribution >= 4 is 41.3 Å². The lowest BCUT2D eigenvalue weighted by Crippen LogP contribution is -2.42. The predicted octanol–water partition coefficient (Wildman–Crippen LogP) is 2.27. The molecular formula is C14H26IN5S. The van der Waals surface area contributed by atoms with E-state index in [4.69, 9.17) is 5.73 Å². The molecule has 0 spiro atoms. The molecule has 0 aromatic carbocycles. The van der Waals surface area contributed by atoms with E-state index in [1.807, 2.05) is 6.92 Å². The van der Waals surface area contributed by atoms with E-state index in [9.17, 15) is 0 Å². The normalized spacial score (nSPS) is 19.6. The Balaban J connectivity index is 0.00000220. The number of halogens is 1. The second-order valence-corrected chi connectivity index (χ2v) is 6.65. The topological polar surface area (TPSA) is 66.5 Å². The smallest absolute Gasteiger partial charge is 0.189 e. The van der Waals surface area contributed by atoms with Gasteiger partial charge in [-0.15, -0.1) is 35.3 Å². The molecule has 5 nitrogen and oxygen atoms in total. The first kappa shape index (κ1) is 18.6. The SMILES string of the molecule is CCN1CCCC1CNC(N)=NCc1nc(C)sc1C.I. The predicted molar refractivity (Wildman–Crippen MR) is 101 cm³/mol. The van der Waals surface area contributed by atoms with Crippen molar-refractivity contribution in [1.82, 2.24) is 15.2 Å². The van der Waals surface area contributed by atoms with E-state index in [2.05, 4.69) is 34.0 Å². The minimum atomic E-state index is 0. The molecule has 0 amide bonds. The molecule has 2 heterocycles. The van der Waals surface area contributed by atoms with Crippen molar-refractivity contribution in [1.29, 1.82) is 0 Å². The van der Waals surface area contributed by atoms with Crippen LogP contribution in [0.5, 0.6) is 0 Å². The summed E-state index contributed by atoms with van der Waals surface area (Å²) in [6.07, 6.45) is 2.53. The molecule has 2 rings (SSSR count). The minimum absolute atomic E-state index is 0. The van der Waals surface area contributed by atoms with Crippen molar-refractivity contribution in [2.45, 2.75) is 46.2 Å². The molecule has 120 valence electrons. The molecule has 7 heteroatoms. The van der Waals surface area contributed by atoms with E-state index in [1.165, 1.54) is 24.3 Å². The zero-order valence-corrected chi connectivity index (χ0v) is 16.2. The second kappa shape index (κ2) is 8.89. The van der Waals surface area contributed by atoms with E-state index in [0.717, 1.165) is 23.8 Å². The first-order chi connectivity index (χ1) is 9.60. The molecule has 1 aliphatic heterocycles. The summed E-state index contributed by atoms with van der Waals surface area (Å²) in [5.74, 6) is 0.526. The number of thiazole rings is 1. The van der Waals surface area contributed by atoms with E-state index in [-0.39, 0.29) is 24.0 Å². The van der Waals surface area contributed by atoms with Crippen LogP contribution in [0.4, 0.5) is 0 Å². The Morgan fingerprint density at radius 1 is 1.52 bits per heavy atom. The van der Waals surface area contributed by atoms with Gasteiger partial charge in [-0.05, 0) is 39.8 Å². The Kier molecular flexibility index (Phi) is 7.89. The van der Waals surface area contributed by atoms with Gasteiger partial charge >= 0.3 is 0 Å². The lowest BCUT2D eigenvalue weighted by Gasteiger charge is -2.23. The average molecular weight is 423 g/mol. The number of rotatable bonds is 5. The Morgan fingerprint density at radius 3 is 2.90 bits per heavy atom. The zero-order chi connectivity index (χ0) is 14.5. The number of hydrogen-bond donors (Lipinski definition) is 2. The number of aliphatic imine (C=N–C) groups is 1. The van der Waals surface area contributed by atoms with Crippen LogP contribution in [0.1, 0.15) is 35.3 Å². The summed E-state index contributed by atoms with van der Waals surface area (Å²) in [6.45, 7) is 10.1. The molecule has 1 fully saturated rings. The van der Waals surface area contributed by atoms with Crippen LogP contribution in [0.2, 0.25) is 0 Å². The number of likely N-dealkylation sites (N-methyl/N-ethyl adjacent to an activating group) is 1. The van der Waals surface area contributed by atoms with Crippen LogP contribution in [0.25, 0.3) is 0 Å². The number of nitrogens with one attached hydrogen (secondary N) is 1. The maximum atomic E-state index is 5.94. The molecule has 1 aromatic rings. The number of hydrogen-bond acceptors (Lipinski definition) is 4. The highest BCUT2D eigenvalue weighted by Crippen LogP contribution is 2.17. The molecule has 1 saturated heterocycles. The molecule has 1 unspecified atom stereocenters. The fourth-order valence-electron chi connectivity index (χ4n) is 2.70. The molecule has 1 aromatic heterocycles. The van der Waals surface area contributed by atoms with Crippen molar-refractivity contribution in [3.05, 3.63) is 15.6 Å². The fourth-order valence-corrected chi connectivity index (χ4v) is 3.53. The van der Waals surface area contributed by atoms with Crippen molar-refractivity contribution in [3.8, 4) is 0 Å². The lowest BCUT2D eigenvalue weighted by molar-refractivity contribution is 0.267. The summed E-state index contributed by atoms with van der Waals surface area (Å²) in [7, 11) is 0. The summed E-state index contributed by atoms with van der Waals surface area (Å²) >= 11 is 1.71. The third kappa shape index (κ3) is 5.37. The van der Waals surface area contributed by atoms with Crippen LogP contribution in [0, 0.1) is 13.8 Å². The number of aryl methyl sites for hydroxylation is 2. The van der Waals surface area contributed by atoms with Gasteiger partial charge in [0.05, 0.1) is 17.2 Å². The van der Waals surface area contributed by atoms with Gasteiger partial charge < -0.3 is 11.1 Å². The number of nitrogens with zero attached hydrogens (tertiary/aromatic N) is 3. The Bertz CT molecular complexity index is 474. The number of guanidine groups is 1. The summed E-state index contributed by atoms with van der Waals surface area (Å²) in [5, 5.41) is 4.33. The monoisotopic (exact) mass is 423 g/mol. The Labute approximate surface area is 148 Å². The van der Waals surface area contributed by atoms with Crippen LogP contribution >= 0.6 is 35.3 Å². The third-order valence-electron chi connectivity index (χ3n) is 3.82. The quantitative estimate of drug-likeness (QED) is 0.433. The van der Waals surface area contributed by atoms with Crippen LogP contribution in [-0.4, -0.2) is 41.5 Å². The van der Waals surface area contributed by atoms with Gasteiger partial charge in [0.25, 0.3) is 0 Å². The average Bonchev–Trinajstić information content (AvgIpc) is 2.99. The summed E-state index contributed by atoms with van der Waals surface area (Å²) < 4.78 is 0. The van der Waals surface area contributed by atoms with Gasteiger partial charge in [0.15, 0.2) is 5.96 Å². The van der Waals surface area contributed by atoms with Crippen LogP contribution in [-0.2, 0) is 6.54 Å². The minimum Gasteiger partial charge on any atom is -0.370 e. The molecule has 0 radical (unpaired) electrons. The lowest BCUT2D eigenvalue weighted by atomic mass is 10.2. The van der Waals surface area contributed by atoms with Crippen molar-refractivity contribution in [3.63, 3.8) is 0 Å². The van der Waals surface area contributed by atoms with E-state index < -0.39 is 0 Å². The Hall–Kier alpha value is -0.410. The molecular weight excluding hydrogens is 397 g/mol. The van der Waals surface area contributed by atoms with Crippen molar-refractivity contribution in [2.24, 2.45) is 10.7 Å². The van der Waals surface area contributed by atoms with E-state index >= 15 is 0 Å². The van der Waals surface area contributed by atoms with Gasteiger partial charge in [-0.1, -0.05) is 6.92 Å². The molecule has 0 saturated carbocycles. The molecule has 3 N–H and O–H groups in total. The van der Waals surface area contributed by atoms with Gasteiger partial charge in [-0.25, -0.2) is 9.98 Å². The van der Waals surface area contributed by atoms with E-state index in [0.29, 0.717) is 18.5 Å².